The van der Waals surface area contributed by atoms with Crippen LogP contribution in [0.1, 0.15) is 12.8 Å². The molecule has 1 saturated heterocycles. The van der Waals surface area contributed by atoms with Crippen LogP contribution in [0, 0.1) is 5.92 Å². The van der Waals surface area contributed by atoms with Gasteiger partial charge in [0.25, 0.3) is 0 Å². The lowest BCUT2D eigenvalue weighted by atomic mass is 9.99. The topological polar surface area (TPSA) is 70.9 Å². The van der Waals surface area contributed by atoms with Gasteiger partial charge in [-0.15, -0.1) is 0 Å². The van der Waals surface area contributed by atoms with E-state index < -0.39 is 0 Å². The number of hydrogen-bond acceptors (Lipinski definition) is 4. The van der Waals surface area contributed by atoms with Gasteiger partial charge in [-0.25, -0.2) is 0 Å². The van der Waals surface area contributed by atoms with Gasteiger partial charge in [-0.3, -0.25) is 9.79 Å². The number of carbonyl (C=O) groups excluding carboxylic acids is 1. The summed E-state index contributed by atoms with van der Waals surface area (Å²) in [4.78, 5) is 15.6. The molecule has 14 heavy (non-hydrogen) atoms. The first-order valence-corrected chi connectivity index (χ1v) is 4.91. The SMILES string of the molecule is O=C1NCCCC1C1=NCC(CO)O1. The molecular formula is C9H14N2O3. The normalized spacial score (nSPS) is 32.1. The van der Waals surface area contributed by atoms with E-state index >= 15 is 0 Å². The summed E-state index contributed by atoms with van der Waals surface area (Å²) >= 11 is 0. The number of amides is 1. The molecule has 1 amide bonds. The third-order valence-electron chi connectivity index (χ3n) is 2.53. The summed E-state index contributed by atoms with van der Waals surface area (Å²) in [6.07, 6.45) is 1.51. The third kappa shape index (κ3) is 1.72. The van der Waals surface area contributed by atoms with E-state index in [4.69, 9.17) is 9.84 Å². The van der Waals surface area contributed by atoms with E-state index in [1.54, 1.807) is 0 Å². The second kappa shape index (κ2) is 3.96. The van der Waals surface area contributed by atoms with Crippen LogP contribution in [-0.2, 0) is 9.53 Å². The molecule has 2 heterocycles. The lowest BCUT2D eigenvalue weighted by molar-refractivity contribution is -0.124. The van der Waals surface area contributed by atoms with Crippen molar-refractivity contribution in [3.63, 3.8) is 0 Å². The first kappa shape index (κ1) is 9.45. The summed E-state index contributed by atoms with van der Waals surface area (Å²) < 4.78 is 5.36. The Hall–Kier alpha value is -1.10. The van der Waals surface area contributed by atoms with Gasteiger partial charge < -0.3 is 15.2 Å². The fraction of sp³-hybridized carbons (Fsp3) is 0.778. The summed E-state index contributed by atoms with van der Waals surface area (Å²) in [7, 11) is 0. The molecule has 2 N–H and O–H groups in total. The Labute approximate surface area is 82.2 Å². The second-order valence-electron chi connectivity index (χ2n) is 3.59. The van der Waals surface area contributed by atoms with Crippen molar-refractivity contribution in [2.75, 3.05) is 19.7 Å². The lowest BCUT2D eigenvalue weighted by Crippen LogP contribution is -2.41. The van der Waals surface area contributed by atoms with E-state index in [-0.39, 0.29) is 24.5 Å². The number of aliphatic hydroxyl groups excluding tert-OH is 1. The number of piperidine rings is 1. The predicted molar refractivity (Wildman–Crippen MR) is 50.0 cm³/mol. The standard InChI is InChI=1S/C9H14N2O3/c12-5-6-4-11-9(14-6)7-2-1-3-10-8(7)13/h6-7,12H,1-5H2,(H,10,13). The summed E-state index contributed by atoms with van der Waals surface area (Å²) in [6.45, 7) is 1.17. The van der Waals surface area contributed by atoms with E-state index in [2.05, 4.69) is 10.3 Å². The molecule has 78 valence electrons. The number of nitrogens with one attached hydrogen (secondary N) is 1. The van der Waals surface area contributed by atoms with E-state index in [1.807, 2.05) is 0 Å². The minimum Gasteiger partial charge on any atom is -0.473 e. The Morgan fingerprint density at radius 3 is 3.14 bits per heavy atom. The maximum atomic E-state index is 11.4. The molecule has 1 fully saturated rings. The van der Waals surface area contributed by atoms with Gasteiger partial charge in [-0.1, -0.05) is 0 Å². The van der Waals surface area contributed by atoms with Crippen LogP contribution in [0.4, 0.5) is 0 Å². The van der Waals surface area contributed by atoms with Gasteiger partial charge in [0.2, 0.25) is 5.91 Å². The van der Waals surface area contributed by atoms with Gasteiger partial charge in [0.1, 0.15) is 12.0 Å². The monoisotopic (exact) mass is 198 g/mol. The zero-order chi connectivity index (χ0) is 9.97. The average molecular weight is 198 g/mol. The number of carbonyl (C=O) groups is 1. The molecule has 0 radical (unpaired) electrons. The molecule has 5 heteroatoms. The van der Waals surface area contributed by atoms with Gasteiger partial charge in [0, 0.05) is 6.54 Å². The summed E-state index contributed by atoms with van der Waals surface area (Å²) in [6, 6.07) is 0. The zero-order valence-electron chi connectivity index (χ0n) is 7.90. The number of hydrogen-bond donors (Lipinski definition) is 2. The highest BCUT2D eigenvalue weighted by molar-refractivity contribution is 6.01. The lowest BCUT2D eigenvalue weighted by Gasteiger charge is -2.21. The van der Waals surface area contributed by atoms with Crippen molar-refractivity contribution in [1.82, 2.24) is 5.32 Å². The number of rotatable bonds is 2. The van der Waals surface area contributed by atoms with Crippen LogP contribution in [0.5, 0.6) is 0 Å². The molecular weight excluding hydrogens is 184 g/mol. The molecule has 2 rings (SSSR count). The molecule has 2 aliphatic heterocycles. The van der Waals surface area contributed by atoms with Crippen molar-refractivity contribution < 1.29 is 14.6 Å². The molecule has 0 aromatic carbocycles. The zero-order valence-corrected chi connectivity index (χ0v) is 7.90. The highest BCUT2D eigenvalue weighted by atomic mass is 16.5. The van der Waals surface area contributed by atoms with Crippen molar-refractivity contribution >= 4 is 11.8 Å². The first-order chi connectivity index (χ1) is 6.81. The number of nitrogens with zero attached hydrogens (tertiary/aromatic N) is 1. The fourth-order valence-corrected chi connectivity index (χ4v) is 1.73. The quantitative estimate of drug-likeness (QED) is 0.616. The number of aliphatic hydroxyl groups is 1. The minimum absolute atomic E-state index is 0.00594. The van der Waals surface area contributed by atoms with Gasteiger partial charge >= 0.3 is 0 Å². The van der Waals surface area contributed by atoms with Gasteiger partial charge in [0.05, 0.1) is 13.2 Å². The maximum absolute atomic E-state index is 11.4. The van der Waals surface area contributed by atoms with E-state index in [0.29, 0.717) is 12.4 Å². The Morgan fingerprint density at radius 1 is 1.64 bits per heavy atom. The largest absolute Gasteiger partial charge is 0.473 e. The Balaban J connectivity index is 1.98. The van der Waals surface area contributed by atoms with Crippen LogP contribution in [0.3, 0.4) is 0 Å². The van der Waals surface area contributed by atoms with E-state index in [0.717, 1.165) is 19.4 Å². The molecule has 2 aliphatic rings. The predicted octanol–water partition coefficient (Wildman–Crippen LogP) is -0.698. The fourth-order valence-electron chi connectivity index (χ4n) is 1.73. The summed E-state index contributed by atoms with van der Waals surface area (Å²) in [5, 5.41) is 11.6. The van der Waals surface area contributed by atoms with Crippen molar-refractivity contribution in [1.29, 1.82) is 0 Å². The van der Waals surface area contributed by atoms with Crippen LogP contribution >= 0.6 is 0 Å². The Kier molecular flexibility index (Phi) is 2.67. The number of aliphatic imine (C=N–C) groups is 1. The Bertz CT molecular complexity index is 265. The molecule has 0 aliphatic carbocycles. The minimum atomic E-state index is -0.250. The number of ether oxygens (including phenoxy) is 1. The van der Waals surface area contributed by atoms with E-state index in [1.165, 1.54) is 0 Å². The molecule has 0 saturated carbocycles. The van der Waals surface area contributed by atoms with Crippen LogP contribution < -0.4 is 5.32 Å². The highest BCUT2D eigenvalue weighted by Gasteiger charge is 2.32. The second-order valence-corrected chi connectivity index (χ2v) is 3.59. The van der Waals surface area contributed by atoms with Gasteiger partial charge in [-0.2, -0.15) is 0 Å². The van der Waals surface area contributed by atoms with E-state index in [9.17, 15) is 4.79 Å². The molecule has 2 atom stereocenters. The van der Waals surface area contributed by atoms with Crippen LogP contribution in [0.2, 0.25) is 0 Å². The molecule has 2 unspecified atom stereocenters. The summed E-state index contributed by atoms with van der Waals surface area (Å²) in [5.74, 6) is 0.259. The van der Waals surface area contributed by atoms with Crippen molar-refractivity contribution in [3.05, 3.63) is 0 Å². The molecule has 5 nitrogen and oxygen atoms in total. The summed E-state index contributed by atoms with van der Waals surface area (Å²) in [5.41, 5.74) is 0. The smallest absolute Gasteiger partial charge is 0.232 e. The first-order valence-electron chi connectivity index (χ1n) is 4.91. The van der Waals surface area contributed by atoms with Gasteiger partial charge in [-0.05, 0) is 12.8 Å². The van der Waals surface area contributed by atoms with Crippen molar-refractivity contribution in [3.8, 4) is 0 Å². The highest BCUT2D eigenvalue weighted by Crippen LogP contribution is 2.18. The van der Waals surface area contributed by atoms with Crippen molar-refractivity contribution in [2.45, 2.75) is 18.9 Å². The Morgan fingerprint density at radius 2 is 2.50 bits per heavy atom. The molecule has 0 aromatic rings. The molecule has 0 spiro atoms. The van der Waals surface area contributed by atoms with Crippen molar-refractivity contribution in [2.24, 2.45) is 10.9 Å². The third-order valence-corrected chi connectivity index (χ3v) is 2.53. The maximum Gasteiger partial charge on any atom is 0.232 e. The average Bonchev–Trinajstić information content (AvgIpc) is 2.67. The van der Waals surface area contributed by atoms with Crippen LogP contribution in [0.15, 0.2) is 4.99 Å². The molecule has 0 bridgehead atoms. The van der Waals surface area contributed by atoms with Crippen LogP contribution in [-0.4, -0.2) is 42.7 Å². The van der Waals surface area contributed by atoms with Gasteiger partial charge in [0.15, 0.2) is 5.90 Å². The molecule has 0 aromatic heterocycles. The van der Waals surface area contributed by atoms with Crippen LogP contribution in [0.25, 0.3) is 0 Å².